The SMILES string of the molecule is CCCNCc1sc(-c2ccccc2C)nc1C. The lowest BCUT2D eigenvalue weighted by molar-refractivity contribution is 0.678. The fraction of sp³-hybridized carbons (Fsp3) is 0.400. The van der Waals surface area contributed by atoms with Crippen LogP contribution in [0.5, 0.6) is 0 Å². The van der Waals surface area contributed by atoms with Crippen LogP contribution in [-0.4, -0.2) is 11.5 Å². The van der Waals surface area contributed by atoms with Gasteiger partial charge in [-0.05, 0) is 32.4 Å². The molecule has 1 N–H and O–H groups in total. The van der Waals surface area contributed by atoms with Crippen LogP contribution in [0.25, 0.3) is 10.6 Å². The molecule has 0 amide bonds. The Bertz CT molecular complexity index is 517. The van der Waals surface area contributed by atoms with Gasteiger partial charge in [-0.15, -0.1) is 11.3 Å². The van der Waals surface area contributed by atoms with Crippen molar-refractivity contribution in [3.8, 4) is 10.6 Å². The monoisotopic (exact) mass is 260 g/mol. The number of nitrogens with one attached hydrogen (secondary N) is 1. The number of benzene rings is 1. The van der Waals surface area contributed by atoms with Crippen molar-refractivity contribution < 1.29 is 0 Å². The average molecular weight is 260 g/mol. The summed E-state index contributed by atoms with van der Waals surface area (Å²) in [4.78, 5) is 6.05. The van der Waals surface area contributed by atoms with E-state index in [-0.39, 0.29) is 0 Å². The molecular weight excluding hydrogens is 240 g/mol. The van der Waals surface area contributed by atoms with Gasteiger partial charge in [0.15, 0.2) is 0 Å². The second-order valence-electron chi connectivity index (χ2n) is 4.52. The molecule has 0 fully saturated rings. The maximum atomic E-state index is 4.70. The van der Waals surface area contributed by atoms with Crippen molar-refractivity contribution in [3.63, 3.8) is 0 Å². The van der Waals surface area contributed by atoms with Gasteiger partial charge in [0.2, 0.25) is 0 Å². The summed E-state index contributed by atoms with van der Waals surface area (Å²) in [7, 11) is 0. The van der Waals surface area contributed by atoms with E-state index in [9.17, 15) is 0 Å². The first kappa shape index (κ1) is 13.2. The van der Waals surface area contributed by atoms with Gasteiger partial charge < -0.3 is 5.32 Å². The van der Waals surface area contributed by atoms with Gasteiger partial charge in [0, 0.05) is 17.0 Å². The van der Waals surface area contributed by atoms with Crippen LogP contribution < -0.4 is 5.32 Å². The van der Waals surface area contributed by atoms with Crippen LogP contribution in [0.15, 0.2) is 24.3 Å². The molecule has 2 nitrogen and oxygen atoms in total. The largest absolute Gasteiger partial charge is 0.312 e. The maximum Gasteiger partial charge on any atom is 0.124 e. The summed E-state index contributed by atoms with van der Waals surface area (Å²) in [6, 6.07) is 8.44. The van der Waals surface area contributed by atoms with Crippen LogP contribution in [0.1, 0.15) is 29.5 Å². The maximum absolute atomic E-state index is 4.70. The van der Waals surface area contributed by atoms with Crippen molar-refractivity contribution in [1.29, 1.82) is 0 Å². The molecule has 18 heavy (non-hydrogen) atoms. The molecule has 0 atom stereocenters. The molecule has 1 heterocycles. The molecule has 0 aliphatic carbocycles. The number of nitrogens with zero attached hydrogens (tertiary/aromatic N) is 1. The van der Waals surface area contributed by atoms with Crippen molar-refractivity contribution in [2.24, 2.45) is 0 Å². The van der Waals surface area contributed by atoms with Crippen LogP contribution in [0, 0.1) is 13.8 Å². The molecule has 0 spiro atoms. The third kappa shape index (κ3) is 2.98. The first-order chi connectivity index (χ1) is 8.72. The Balaban J connectivity index is 2.21. The Morgan fingerprint density at radius 3 is 2.72 bits per heavy atom. The van der Waals surface area contributed by atoms with Gasteiger partial charge in [0.1, 0.15) is 5.01 Å². The van der Waals surface area contributed by atoms with Gasteiger partial charge in [-0.3, -0.25) is 0 Å². The zero-order valence-corrected chi connectivity index (χ0v) is 12.1. The zero-order valence-electron chi connectivity index (χ0n) is 11.3. The summed E-state index contributed by atoms with van der Waals surface area (Å²) in [5.74, 6) is 0. The summed E-state index contributed by atoms with van der Waals surface area (Å²) in [5.41, 5.74) is 3.70. The zero-order chi connectivity index (χ0) is 13.0. The van der Waals surface area contributed by atoms with Crippen LogP contribution >= 0.6 is 11.3 Å². The number of hydrogen-bond donors (Lipinski definition) is 1. The number of thiazole rings is 1. The van der Waals surface area contributed by atoms with Crippen LogP contribution in [-0.2, 0) is 6.54 Å². The van der Waals surface area contributed by atoms with Gasteiger partial charge in [-0.1, -0.05) is 31.2 Å². The quantitative estimate of drug-likeness (QED) is 0.824. The van der Waals surface area contributed by atoms with E-state index in [1.54, 1.807) is 11.3 Å². The minimum Gasteiger partial charge on any atom is -0.312 e. The molecule has 0 bridgehead atoms. The molecule has 3 heteroatoms. The van der Waals surface area contributed by atoms with Crippen molar-refractivity contribution in [1.82, 2.24) is 10.3 Å². The van der Waals surface area contributed by atoms with E-state index < -0.39 is 0 Å². The average Bonchev–Trinajstić information content (AvgIpc) is 2.72. The molecule has 0 saturated heterocycles. The minimum absolute atomic E-state index is 0.934. The molecule has 96 valence electrons. The van der Waals surface area contributed by atoms with Gasteiger partial charge in [0.25, 0.3) is 0 Å². The fourth-order valence-corrected chi connectivity index (χ4v) is 3.02. The second kappa shape index (κ2) is 6.12. The van der Waals surface area contributed by atoms with Gasteiger partial charge in [-0.2, -0.15) is 0 Å². The van der Waals surface area contributed by atoms with E-state index in [0.717, 1.165) is 23.8 Å². The lowest BCUT2D eigenvalue weighted by Crippen LogP contribution is -2.13. The molecule has 0 saturated carbocycles. The third-order valence-electron chi connectivity index (χ3n) is 2.98. The summed E-state index contributed by atoms with van der Waals surface area (Å²) in [5, 5.41) is 4.58. The summed E-state index contributed by atoms with van der Waals surface area (Å²) in [6.07, 6.45) is 1.17. The van der Waals surface area contributed by atoms with E-state index in [0.29, 0.717) is 0 Å². The summed E-state index contributed by atoms with van der Waals surface area (Å²) < 4.78 is 0. The highest BCUT2D eigenvalue weighted by atomic mass is 32.1. The molecular formula is C15H20N2S. The Morgan fingerprint density at radius 2 is 2.00 bits per heavy atom. The molecule has 2 aromatic rings. The molecule has 0 unspecified atom stereocenters. The van der Waals surface area contributed by atoms with E-state index >= 15 is 0 Å². The van der Waals surface area contributed by atoms with E-state index in [1.807, 2.05) is 0 Å². The highest BCUT2D eigenvalue weighted by Gasteiger charge is 2.10. The smallest absolute Gasteiger partial charge is 0.124 e. The van der Waals surface area contributed by atoms with Gasteiger partial charge in [0.05, 0.1) is 5.69 Å². The van der Waals surface area contributed by atoms with Crippen LogP contribution in [0.3, 0.4) is 0 Å². The van der Waals surface area contributed by atoms with E-state index in [1.165, 1.54) is 22.4 Å². The number of aromatic nitrogens is 1. The first-order valence-corrected chi connectivity index (χ1v) is 7.27. The summed E-state index contributed by atoms with van der Waals surface area (Å²) in [6.45, 7) is 8.42. The second-order valence-corrected chi connectivity index (χ2v) is 5.60. The topological polar surface area (TPSA) is 24.9 Å². The van der Waals surface area contributed by atoms with Crippen molar-refractivity contribution in [2.45, 2.75) is 33.7 Å². The number of rotatable bonds is 5. The molecule has 2 rings (SSSR count). The predicted molar refractivity (Wildman–Crippen MR) is 79.0 cm³/mol. The Labute approximate surface area is 113 Å². The molecule has 1 aromatic heterocycles. The van der Waals surface area contributed by atoms with Gasteiger partial charge in [-0.25, -0.2) is 4.98 Å². The highest BCUT2D eigenvalue weighted by molar-refractivity contribution is 7.15. The normalized spacial score (nSPS) is 10.8. The molecule has 1 aromatic carbocycles. The highest BCUT2D eigenvalue weighted by Crippen LogP contribution is 2.29. The Morgan fingerprint density at radius 1 is 1.22 bits per heavy atom. The van der Waals surface area contributed by atoms with E-state index in [4.69, 9.17) is 4.98 Å². The van der Waals surface area contributed by atoms with Crippen LogP contribution in [0.4, 0.5) is 0 Å². The van der Waals surface area contributed by atoms with Crippen molar-refractivity contribution in [2.75, 3.05) is 6.54 Å². The number of aryl methyl sites for hydroxylation is 2. The standard InChI is InChI=1S/C15H20N2S/c1-4-9-16-10-14-12(3)17-15(18-14)13-8-6-5-7-11(13)2/h5-8,16H,4,9-10H2,1-3H3. The predicted octanol–water partition coefficient (Wildman–Crippen LogP) is 3.93. The van der Waals surface area contributed by atoms with Crippen LogP contribution in [0.2, 0.25) is 0 Å². The lowest BCUT2D eigenvalue weighted by Gasteiger charge is -2.01. The Kier molecular flexibility index (Phi) is 4.50. The lowest BCUT2D eigenvalue weighted by atomic mass is 10.1. The first-order valence-electron chi connectivity index (χ1n) is 6.45. The number of hydrogen-bond acceptors (Lipinski definition) is 3. The molecule has 0 aliphatic rings. The van der Waals surface area contributed by atoms with Crippen molar-refractivity contribution in [3.05, 3.63) is 40.4 Å². The Hall–Kier alpha value is -1.19. The van der Waals surface area contributed by atoms with E-state index in [2.05, 4.69) is 50.4 Å². The molecule has 0 aliphatic heterocycles. The third-order valence-corrected chi connectivity index (χ3v) is 4.17. The van der Waals surface area contributed by atoms with Gasteiger partial charge >= 0.3 is 0 Å². The van der Waals surface area contributed by atoms with Crippen molar-refractivity contribution >= 4 is 11.3 Å². The minimum atomic E-state index is 0.934. The fourth-order valence-electron chi connectivity index (χ4n) is 1.90. The summed E-state index contributed by atoms with van der Waals surface area (Å²) >= 11 is 1.80. The molecule has 0 radical (unpaired) electrons.